The number of β-amino-alcohol motifs (C(OH)–C–C–N with tert-alkyl or cyclic N) is 1. The van der Waals surface area contributed by atoms with Crippen molar-refractivity contribution < 1.29 is 29.0 Å². The van der Waals surface area contributed by atoms with Gasteiger partial charge in [-0.1, -0.05) is 55.5 Å². The number of aromatic nitrogens is 1. The van der Waals surface area contributed by atoms with E-state index in [2.05, 4.69) is 0 Å². The normalized spacial score (nSPS) is 19.3. The molecule has 0 saturated carbocycles. The summed E-state index contributed by atoms with van der Waals surface area (Å²) in [6.07, 6.45) is 1.91. The number of amides is 3. The van der Waals surface area contributed by atoms with E-state index in [9.17, 15) is 19.5 Å². The molecule has 10 nitrogen and oxygen atoms in total. The van der Waals surface area contributed by atoms with Crippen LogP contribution in [0.4, 0.5) is 5.69 Å². The van der Waals surface area contributed by atoms with Crippen LogP contribution in [0.1, 0.15) is 41.3 Å². The number of aryl methyl sites for hydroxylation is 1. The van der Waals surface area contributed by atoms with E-state index < -0.39 is 18.2 Å². The summed E-state index contributed by atoms with van der Waals surface area (Å²) in [6.45, 7) is 2.62. The van der Waals surface area contributed by atoms with Crippen LogP contribution in [0.5, 0.6) is 11.5 Å². The highest BCUT2D eigenvalue weighted by molar-refractivity contribution is 6.09. The van der Waals surface area contributed by atoms with Gasteiger partial charge in [0.1, 0.15) is 12.1 Å². The maximum Gasteiger partial charge on any atom is 0.256 e. The minimum Gasteiger partial charge on any atom is -0.493 e. The van der Waals surface area contributed by atoms with Crippen LogP contribution in [0.25, 0.3) is 10.9 Å². The Morgan fingerprint density at radius 3 is 2.41 bits per heavy atom. The molecular formula is C36H40N4O6. The molecule has 0 spiro atoms. The molecule has 6 rings (SSSR count). The number of benzene rings is 3. The highest BCUT2D eigenvalue weighted by atomic mass is 16.5. The van der Waals surface area contributed by atoms with Gasteiger partial charge in [0.15, 0.2) is 11.5 Å². The second kappa shape index (κ2) is 12.9. The van der Waals surface area contributed by atoms with Crippen molar-refractivity contribution in [3.63, 3.8) is 0 Å². The third-order valence-electron chi connectivity index (χ3n) is 9.10. The average Bonchev–Trinajstić information content (AvgIpc) is 3.64. The lowest BCUT2D eigenvalue weighted by atomic mass is 9.93. The largest absolute Gasteiger partial charge is 0.493 e. The SMILES string of the molecule is CCCN(C(=O)C1C[C@@H](O)CN1C(=O)c1cn(C)c2ccccc12)C1Cc2cc(OC)c(OC)cc2N(Cc2ccccc2)C1=O. The third kappa shape index (κ3) is 5.58. The number of carbonyl (C=O) groups excluding carboxylic acids is 3. The number of hydrogen-bond donors (Lipinski definition) is 1. The summed E-state index contributed by atoms with van der Waals surface area (Å²) in [7, 11) is 5.00. The predicted octanol–water partition coefficient (Wildman–Crippen LogP) is 4.17. The van der Waals surface area contributed by atoms with Crippen molar-refractivity contribution in [1.82, 2.24) is 14.4 Å². The van der Waals surface area contributed by atoms with Crippen molar-refractivity contribution in [2.75, 3.05) is 32.2 Å². The third-order valence-corrected chi connectivity index (χ3v) is 9.10. The maximum atomic E-state index is 14.5. The summed E-state index contributed by atoms with van der Waals surface area (Å²) in [5, 5.41) is 11.6. The molecule has 4 aromatic rings. The highest BCUT2D eigenvalue weighted by Crippen LogP contribution is 2.40. The molecule has 0 radical (unpaired) electrons. The molecule has 1 fully saturated rings. The summed E-state index contributed by atoms with van der Waals surface area (Å²) in [4.78, 5) is 47.8. The van der Waals surface area contributed by atoms with Gasteiger partial charge < -0.3 is 33.8 Å². The van der Waals surface area contributed by atoms with Crippen molar-refractivity contribution in [1.29, 1.82) is 0 Å². The molecule has 3 amide bonds. The summed E-state index contributed by atoms with van der Waals surface area (Å²) >= 11 is 0. The summed E-state index contributed by atoms with van der Waals surface area (Å²) < 4.78 is 13.1. The Labute approximate surface area is 268 Å². The van der Waals surface area contributed by atoms with Gasteiger partial charge in [-0.3, -0.25) is 14.4 Å². The monoisotopic (exact) mass is 624 g/mol. The molecule has 10 heteroatoms. The van der Waals surface area contributed by atoms with Gasteiger partial charge in [-0.2, -0.15) is 0 Å². The van der Waals surface area contributed by atoms with Gasteiger partial charge in [0.2, 0.25) is 11.8 Å². The van der Waals surface area contributed by atoms with E-state index in [0.29, 0.717) is 42.3 Å². The Morgan fingerprint density at radius 1 is 1.00 bits per heavy atom. The van der Waals surface area contributed by atoms with E-state index in [-0.39, 0.29) is 37.1 Å². The number of ether oxygens (including phenoxy) is 2. The zero-order valence-electron chi connectivity index (χ0n) is 26.7. The first-order valence-corrected chi connectivity index (χ1v) is 15.7. The fourth-order valence-electron chi connectivity index (χ4n) is 6.88. The lowest BCUT2D eigenvalue weighted by molar-refractivity contribution is -0.143. The molecule has 0 aliphatic carbocycles. The summed E-state index contributed by atoms with van der Waals surface area (Å²) in [5.41, 5.74) is 3.87. The van der Waals surface area contributed by atoms with Crippen LogP contribution in [0.15, 0.2) is 72.9 Å². The van der Waals surface area contributed by atoms with Crippen LogP contribution in [0, 0.1) is 0 Å². The van der Waals surface area contributed by atoms with E-state index in [1.807, 2.05) is 85.3 Å². The Kier molecular flexibility index (Phi) is 8.73. The molecule has 1 aromatic heterocycles. The van der Waals surface area contributed by atoms with Gasteiger partial charge in [0, 0.05) is 56.1 Å². The molecule has 2 aliphatic rings. The second-order valence-electron chi connectivity index (χ2n) is 12.0. The molecular weight excluding hydrogens is 584 g/mol. The number of methoxy groups -OCH3 is 2. The Balaban J connectivity index is 1.36. The minimum atomic E-state index is -0.907. The number of likely N-dealkylation sites (tertiary alicyclic amines) is 1. The fraction of sp³-hybridized carbons (Fsp3) is 0.361. The molecule has 1 saturated heterocycles. The predicted molar refractivity (Wildman–Crippen MR) is 175 cm³/mol. The zero-order valence-corrected chi connectivity index (χ0v) is 26.7. The first kappa shape index (κ1) is 31.2. The quantitative estimate of drug-likeness (QED) is 0.300. The van der Waals surface area contributed by atoms with Crippen molar-refractivity contribution in [3.8, 4) is 11.5 Å². The number of para-hydroxylation sites is 1. The molecule has 240 valence electrons. The minimum absolute atomic E-state index is 0.0387. The van der Waals surface area contributed by atoms with E-state index in [4.69, 9.17) is 9.47 Å². The lowest BCUT2D eigenvalue weighted by Crippen LogP contribution is -2.58. The van der Waals surface area contributed by atoms with Crippen LogP contribution in [0.2, 0.25) is 0 Å². The van der Waals surface area contributed by atoms with E-state index in [1.54, 1.807) is 30.2 Å². The van der Waals surface area contributed by atoms with Crippen molar-refractivity contribution in [3.05, 3.63) is 89.6 Å². The number of anilines is 1. The maximum absolute atomic E-state index is 14.5. The van der Waals surface area contributed by atoms with Crippen molar-refractivity contribution in [2.24, 2.45) is 7.05 Å². The van der Waals surface area contributed by atoms with Gasteiger partial charge in [-0.05, 0) is 29.7 Å². The number of hydrogen-bond acceptors (Lipinski definition) is 6. The highest BCUT2D eigenvalue weighted by Gasteiger charge is 2.46. The van der Waals surface area contributed by atoms with Crippen molar-refractivity contribution >= 4 is 34.3 Å². The van der Waals surface area contributed by atoms with Gasteiger partial charge in [0.05, 0.1) is 38.1 Å². The fourth-order valence-corrected chi connectivity index (χ4v) is 6.88. The standard InChI is InChI=1S/C36H40N4O6/c1-5-15-38(35(43)31-18-25(41)21-40(31)34(42)27-22-37(2)28-14-10-9-13-26(27)28)30-16-24-17-32(45-3)33(46-4)19-29(24)39(36(30)44)20-23-11-7-6-8-12-23/h6-14,17,19,22,25,30-31,41H,5,15-16,18,20-21H2,1-4H3/t25-,30?,31?/m1/s1. The molecule has 3 atom stereocenters. The zero-order chi connectivity index (χ0) is 32.5. The molecule has 3 aromatic carbocycles. The van der Waals surface area contributed by atoms with Gasteiger partial charge in [-0.15, -0.1) is 0 Å². The molecule has 1 N–H and O–H groups in total. The van der Waals surface area contributed by atoms with Crippen LogP contribution in [0.3, 0.4) is 0 Å². The van der Waals surface area contributed by atoms with E-state index in [0.717, 1.165) is 22.0 Å². The summed E-state index contributed by atoms with van der Waals surface area (Å²) in [5.74, 6) is 0.179. The lowest BCUT2D eigenvalue weighted by Gasteiger charge is -2.41. The van der Waals surface area contributed by atoms with Crippen LogP contribution < -0.4 is 14.4 Å². The number of aliphatic hydroxyl groups excluding tert-OH is 1. The number of aliphatic hydroxyl groups is 1. The summed E-state index contributed by atoms with van der Waals surface area (Å²) in [6, 6.07) is 19.3. The van der Waals surface area contributed by atoms with Crippen LogP contribution in [-0.2, 0) is 29.6 Å². The van der Waals surface area contributed by atoms with Crippen LogP contribution in [-0.4, -0.2) is 82.7 Å². The Bertz CT molecular complexity index is 1770. The molecule has 2 aliphatic heterocycles. The van der Waals surface area contributed by atoms with Crippen LogP contribution >= 0.6 is 0 Å². The topological polar surface area (TPSA) is 105 Å². The molecule has 3 heterocycles. The van der Waals surface area contributed by atoms with E-state index in [1.165, 1.54) is 4.90 Å². The van der Waals surface area contributed by atoms with Gasteiger partial charge >= 0.3 is 0 Å². The first-order valence-electron chi connectivity index (χ1n) is 15.7. The van der Waals surface area contributed by atoms with E-state index >= 15 is 0 Å². The molecule has 46 heavy (non-hydrogen) atoms. The molecule has 2 unspecified atom stereocenters. The molecule has 0 bridgehead atoms. The Morgan fingerprint density at radius 2 is 1.70 bits per heavy atom. The van der Waals surface area contributed by atoms with Gasteiger partial charge in [-0.25, -0.2) is 0 Å². The van der Waals surface area contributed by atoms with Gasteiger partial charge in [0.25, 0.3) is 5.91 Å². The first-order chi connectivity index (χ1) is 22.2. The number of nitrogens with zero attached hydrogens (tertiary/aromatic N) is 4. The Hall–Kier alpha value is -4.83. The average molecular weight is 625 g/mol. The number of carbonyl (C=O) groups is 3. The smallest absolute Gasteiger partial charge is 0.256 e. The number of fused-ring (bicyclic) bond motifs is 2. The number of rotatable bonds is 9. The van der Waals surface area contributed by atoms with Crippen molar-refractivity contribution in [2.45, 2.75) is 50.9 Å². The second-order valence-corrected chi connectivity index (χ2v) is 12.0.